The van der Waals surface area contributed by atoms with Crippen molar-refractivity contribution in [2.45, 2.75) is 6.42 Å². The van der Waals surface area contributed by atoms with Crippen molar-refractivity contribution in [2.24, 2.45) is 5.73 Å². The van der Waals surface area contributed by atoms with Gasteiger partial charge in [-0.1, -0.05) is 12.2 Å². The van der Waals surface area contributed by atoms with E-state index < -0.39 is 10.2 Å². The van der Waals surface area contributed by atoms with Crippen LogP contribution in [0.5, 0.6) is 0 Å². The van der Waals surface area contributed by atoms with Gasteiger partial charge in [-0.15, -0.1) is 0 Å². The van der Waals surface area contributed by atoms with Crippen LogP contribution < -0.4 is 5.73 Å². The number of ether oxygens (including phenoxy) is 1. The number of hydrogen-bond donors (Lipinski definition) is 1. The molecule has 0 heterocycles. The fraction of sp³-hybridized carbons (Fsp3) is 0.875. The van der Waals surface area contributed by atoms with Crippen LogP contribution in [0.4, 0.5) is 0 Å². The lowest BCUT2D eigenvalue weighted by atomic mass is 10.4. The van der Waals surface area contributed by atoms with Gasteiger partial charge in [-0.05, 0) is 0 Å². The van der Waals surface area contributed by atoms with E-state index in [1.165, 1.54) is 25.5 Å². The van der Waals surface area contributed by atoms with Crippen molar-refractivity contribution in [1.82, 2.24) is 8.61 Å². The van der Waals surface area contributed by atoms with Gasteiger partial charge in [0.05, 0.1) is 11.6 Å². The third-order valence-corrected chi connectivity index (χ3v) is 4.08. The van der Waals surface area contributed by atoms with E-state index in [1.54, 1.807) is 0 Å². The molecule has 6 nitrogen and oxygen atoms in total. The molecule has 0 aliphatic carbocycles. The van der Waals surface area contributed by atoms with Crippen LogP contribution in [0.3, 0.4) is 0 Å². The smallest absolute Gasteiger partial charge is 0.281 e. The van der Waals surface area contributed by atoms with E-state index in [1.807, 2.05) is 0 Å². The summed E-state index contributed by atoms with van der Waals surface area (Å²) in [7, 11) is 1.05. The molecule has 0 aliphatic heterocycles. The molecule has 0 atom stereocenters. The number of nitrogens with zero attached hydrogens (tertiary/aromatic N) is 2. The standard InChI is InChI=1S/C8H19N3O3S2/c1-10(2)16(12,13)11(6-7-14-3)5-4-8(9)15/h4-7H2,1-3H3,(H2,9,15). The minimum atomic E-state index is -3.44. The fourth-order valence-electron chi connectivity index (χ4n) is 1.00. The Kier molecular flexibility index (Phi) is 7.00. The summed E-state index contributed by atoms with van der Waals surface area (Å²) in [5.74, 6) is 0. The van der Waals surface area contributed by atoms with Crippen molar-refractivity contribution in [3.8, 4) is 0 Å². The zero-order valence-electron chi connectivity index (χ0n) is 9.84. The van der Waals surface area contributed by atoms with Gasteiger partial charge in [0, 0.05) is 40.7 Å². The summed E-state index contributed by atoms with van der Waals surface area (Å²) in [6.45, 7) is 0.906. The quantitative estimate of drug-likeness (QED) is 0.597. The average Bonchev–Trinajstić information content (AvgIpc) is 2.16. The Bertz CT molecular complexity index is 316. The van der Waals surface area contributed by atoms with E-state index in [9.17, 15) is 8.42 Å². The summed E-state index contributed by atoms with van der Waals surface area (Å²) in [5, 5.41) is 0. The highest BCUT2D eigenvalue weighted by atomic mass is 32.2. The van der Waals surface area contributed by atoms with Crippen LogP contribution >= 0.6 is 12.2 Å². The molecule has 8 heteroatoms. The first-order chi connectivity index (χ1) is 7.32. The number of thiocarbonyl (C=S) groups is 1. The number of rotatable bonds is 8. The van der Waals surface area contributed by atoms with Gasteiger partial charge in [-0.2, -0.15) is 17.0 Å². The zero-order valence-corrected chi connectivity index (χ0v) is 11.5. The maximum atomic E-state index is 11.9. The van der Waals surface area contributed by atoms with Gasteiger partial charge in [-0.3, -0.25) is 0 Å². The lowest BCUT2D eigenvalue weighted by molar-refractivity contribution is 0.177. The van der Waals surface area contributed by atoms with E-state index >= 15 is 0 Å². The van der Waals surface area contributed by atoms with Crippen LogP contribution in [0.25, 0.3) is 0 Å². The summed E-state index contributed by atoms with van der Waals surface area (Å²) in [4.78, 5) is 0.302. The molecule has 0 radical (unpaired) electrons. The third-order valence-electron chi connectivity index (χ3n) is 1.94. The third kappa shape index (κ3) is 5.17. The van der Waals surface area contributed by atoms with Gasteiger partial charge in [-0.25, -0.2) is 0 Å². The molecule has 0 amide bonds. The minimum Gasteiger partial charge on any atom is -0.393 e. The lowest BCUT2D eigenvalue weighted by Crippen LogP contribution is -2.43. The van der Waals surface area contributed by atoms with Crippen molar-refractivity contribution in [1.29, 1.82) is 0 Å². The van der Waals surface area contributed by atoms with E-state index in [0.29, 0.717) is 24.6 Å². The molecule has 0 aromatic heterocycles. The second-order valence-corrected chi connectivity index (χ2v) is 6.07. The molecule has 0 bridgehead atoms. The molecule has 0 rings (SSSR count). The molecule has 96 valence electrons. The van der Waals surface area contributed by atoms with Crippen LogP contribution in [-0.4, -0.2) is 62.9 Å². The second-order valence-electron chi connectivity index (χ2n) is 3.40. The summed E-state index contributed by atoms with van der Waals surface area (Å²) in [6, 6.07) is 0. The first kappa shape index (κ1) is 15.7. The second kappa shape index (κ2) is 7.13. The normalized spacial score (nSPS) is 12.3. The molecule has 0 saturated heterocycles. The molecule has 0 aromatic carbocycles. The monoisotopic (exact) mass is 269 g/mol. The Balaban J connectivity index is 4.59. The molecule has 0 spiro atoms. The Labute approximate surface area is 103 Å². The zero-order chi connectivity index (χ0) is 12.8. The molecule has 0 fully saturated rings. The van der Waals surface area contributed by atoms with Gasteiger partial charge in [0.25, 0.3) is 10.2 Å². The Hall–Kier alpha value is -0.280. The predicted octanol–water partition coefficient (Wildman–Crippen LogP) is -0.583. The van der Waals surface area contributed by atoms with E-state index in [2.05, 4.69) is 0 Å². The molecule has 16 heavy (non-hydrogen) atoms. The molecular weight excluding hydrogens is 250 g/mol. The maximum Gasteiger partial charge on any atom is 0.281 e. The molecule has 2 N–H and O–H groups in total. The van der Waals surface area contributed by atoms with Crippen LogP contribution in [0.15, 0.2) is 0 Å². The summed E-state index contributed by atoms with van der Waals surface area (Å²) in [6.07, 6.45) is 0.367. The highest BCUT2D eigenvalue weighted by Crippen LogP contribution is 2.05. The minimum absolute atomic E-state index is 0.277. The predicted molar refractivity (Wildman–Crippen MR) is 67.5 cm³/mol. The first-order valence-corrected chi connectivity index (χ1v) is 6.57. The van der Waals surface area contributed by atoms with E-state index in [4.69, 9.17) is 22.7 Å². The van der Waals surface area contributed by atoms with Crippen LogP contribution in [0.1, 0.15) is 6.42 Å². The lowest BCUT2D eigenvalue weighted by Gasteiger charge is -2.24. The Morgan fingerprint density at radius 2 is 1.94 bits per heavy atom. The van der Waals surface area contributed by atoms with Crippen molar-refractivity contribution in [2.75, 3.05) is 40.9 Å². The molecule has 0 aromatic rings. The Morgan fingerprint density at radius 3 is 2.31 bits per heavy atom. The molecule has 0 unspecified atom stereocenters. The van der Waals surface area contributed by atoms with E-state index in [-0.39, 0.29) is 6.54 Å². The van der Waals surface area contributed by atoms with Crippen LogP contribution in [0.2, 0.25) is 0 Å². The van der Waals surface area contributed by atoms with Crippen molar-refractivity contribution < 1.29 is 13.2 Å². The van der Waals surface area contributed by atoms with Crippen molar-refractivity contribution in [3.63, 3.8) is 0 Å². The Morgan fingerprint density at radius 1 is 1.38 bits per heavy atom. The van der Waals surface area contributed by atoms with Gasteiger partial charge in [0.1, 0.15) is 0 Å². The van der Waals surface area contributed by atoms with Gasteiger partial charge < -0.3 is 10.5 Å². The van der Waals surface area contributed by atoms with Gasteiger partial charge >= 0.3 is 0 Å². The molecule has 0 aliphatic rings. The highest BCUT2D eigenvalue weighted by molar-refractivity contribution is 7.86. The average molecular weight is 269 g/mol. The van der Waals surface area contributed by atoms with Gasteiger partial charge in [0.15, 0.2) is 0 Å². The summed E-state index contributed by atoms with van der Waals surface area (Å²) in [5.41, 5.74) is 5.35. The SMILES string of the molecule is COCCN(CCC(N)=S)S(=O)(=O)N(C)C. The fourth-order valence-corrected chi connectivity index (χ4v) is 2.18. The van der Waals surface area contributed by atoms with Crippen molar-refractivity contribution >= 4 is 27.4 Å². The number of nitrogens with two attached hydrogens (primary N) is 1. The number of methoxy groups -OCH3 is 1. The molecular formula is C8H19N3O3S2. The van der Waals surface area contributed by atoms with E-state index in [0.717, 1.165) is 4.31 Å². The first-order valence-electron chi connectivity index (χ1n) is 4.77. The number of hydrogen-bond acceptors (Lipinski definition) is 4. The topological polar surface area (TPSA) is 75.9 Å². The highest BCUT2D eigenvalue weighted by Gasteiger charge is 2.23. The van der Waals surface area contributed by atoms with Crippen LogP contribution in [-0.2, 0) is 14.9 Å². The largest absolute Gasteiger partial charge is 0.393 e. The van der Waals surface area contributed by atoms with Crippen molar-refractivity contribution in [3.05, 3.63) is 0 Å². The van der Waals surface area contributed by atoms with Gasteiger partial charge in [0.2, 0.25) is 0 Å². The van der Waals surface area contributed by atoms with Crippen LogP contribution in [0, 0.1) is 0 Å². The maximum absolute atomic E-state index is 11.9. The summed E-state index contributed by atoms with van der Waals surface area (Å²) < 4.78 is 31.0. The summed E-state index contributed by atoms with van der Waals surface area (Å²) >= 11 is 4.73. The molecule has 0 saturated carbocycles.